The summed E-state index contributed by atoms with van der Waals surface area (Å²) in [5.74, 6) is 0.111. The summed E-state index contributed by atoms with van der Waals surface area (Å²) in [7, 11) is 0. The third-order valence-corrected chi connectivity index (χ3v) is 5.16. The smallest absolute Gasteiger partial charge is 0.234 e. The number of hydrogen-bond acceptors (Lipinski definition) is 2. The van der Waals surface area contributed by atoms with E-state index in [1.165, 1.54) is 25.7 Å². The lowest BCUT2D eigenvalue weighted by Gasteiger charge is -2.17. The quantitative estimate of drug-likeness (QED) is 0.841. The molecule has 1 aliphatic carbocycles. The maximum absolute atomic E-state index is 12.3. The lowest BCUT2D eigenvalue weighted by atomic mass is 9.85. The van der Waals surface area contributed by atoms with Crippen molar-refractivity contribution in [3.8, 4) is 0 Å². The van der Waals surface area contributed by atoms with Crippen molar-refractivity contribution in [2.75, 3.05) is 5.32 Å². The molecule has 4 nitrogen and oxygen atoms in total. The van der Waals surface area contributed by atoms with Gasteiger partial charge >= 0.3 is 0 Å². The number of anilines is 1. The number of carbonyl (C=O) groups excluding carboxylic acids is 2. The van der Waals surface area contributed by atoms with Crippen LogP contribution in [0.25, 0.3) is 0 Å². The zero-order chi connectivity index (χ0) is 16.4. The first-order chi connectivity index (χ1) is 11.0. The molecule has 1 aromatic carbocycles. The van der Waals surface area contributed by atoms with Gasteiger partial charge in [0.25, 0.3) is 0 Å². The molecule has 1 saturated carbocycles. The number of benzene rings is 1. The van der Waals surface area contributed by atoms with Crippen molar-refractivity contribution >= 4 is 17.5 Å². The van der Waals surface area contributed by atoms with Crippen LogP contribution in [-0.2, 0) is 21.4 Å². The summed E-state index contributed by atoms with van der Waals surface area (Å²) in [6.45, 7) is 3.84. The molecule has 0 bridgehead atoms. The maximum Gasteiger partial charge on any atom is 0.234 e. The van der Waals surface area contributed by atoms with E-state index in [4.69, 9.17) is 0 Å². The normalized spacial score (nSPS) is 20.5. The van der Waals surface area contributed by atoms with Crippen LogP contribution in [0.3, 0.4) is 0 Å². The van der Waals surface area contributed by atoms with Gasteiger partial charge in [-0.2, -0.15) is 0 Å². The van der Waals surface area contributed by atoms with Gasteiger partial charge in [-0.15, -0.1) is 0 Å². The standard InChI is InChI=1S/C19H26N2O2/c1-19(2)15-11-13(9-10-16(15)21-18(19)23)12-17(22)20-14-7-5-3-4-6-8-14/h9-11,14H,3-8,12H2,1-2H3,(H,20,22)(H,21,23). The Hall–Kier alpha value is -1.84. The minimum atomic E-state index is -0.525. The molecule has 2 N–H and O–H groups in total. The zero-order valence-electron chi connectivity index (χ0n) is 14.1. The molecule has 2 amide bonds. The van der Waals surface area contributed by atoms with Gasteiger partial charge in [-0.1, -0.05) is 37.8 Å². The molecule has 23 heavy (non-hydrogen) atoms. The molecule has 0 saturated heterocycles. The first-order valence-electron chi connectivity index (χ1n) is 8.71. The Morgan fingerprint density at radius 2 is 1.91 bits per heavy atom. The Morgan fingerprint density at radius 3 is 2.61 bits per heavy atom. The van der Waals surface area contributed by atoms with Gasteiger partial charge in [0.15, 0.2) is 0 Å². The van der Waals surface area contributed by atoms with Gasteiger partial charge in [-0.25, -0.2) is 0 Å². The Labute approximate surface area is 138 Å². The summed E-state index contributed by atoms with van der Waals surface area (Å²) < 4.78 is 0. The van der Waals surface area contributed by atoms with Crippen LogP contribution >= 0.6 is 0 Å². The first kappa shape index (κ1) is 16.0. The molecule has 1 aromatic rings. The van der Waals surface area contributed by atoms with Gasteiger partial charge in [0.2, 0.25) is 11.8 Å². The van der Waals surface area contributed by atoms with E-state index in [1.807, 2.05) is 32.0 Å². The Kier molecular flexibility index (Phi) is 4.42. The second-order valence-electron chi connectivity index (χ2n) is 7.39. The van der Waals surface area contributed by atoms with Crippen LogP contribution in [0.2, 0.25) is 0 Å². The second kappa shape index (κ2) is 6.34. The lowest BCUT2D eigenvalue weighted by Crippen LogP contribution is -2.35. The fraction of sp³-hybridized carbons (Fsp3) is 0.579. The fourth-order valence-electron chi connectivity index (χ4n) is 3.62. The predicted octanol–water partition coefficient (Wildman–Crippen LogP) is 3.30. The molecule has 0 atom stereocenters. The molecule has 0 unspecified atom stereocenters. The monoisotopic (exact) mass is 314 g/mol. The zero-order valence-corrected chi connectivity index (χ0v) is 14.1. The topological polar surface area (TPSA) is 58.2 Å². The molecular weight excluding hydrogens is 288 g/mol. The van der Waals surface area contributed by atoms with Crippen LogP contribution in [-0.4, -0.2) is 17.9 Å². The molecular formula is C19H26N2O2. The SMILES string of the molecule is CC1(C)C(=O)Nc2ccc(CC(=O)NC3CCCCCC3)cc21. The number of amides is 2. The van der Waals surface area contributed by atoms with Gasteiger partial charge in [-0.05, 0) is 43.9 Å². The number of fused-ring (bicyclic) bond motifs is 1. The predicted molar refractivity (Wildman–Crippen MR) is 91.4 cm³/mol. The van der Waals surface area contributed by atoms with Crippen molar-refractivity contribution in [2.45, 2.75) is 70.3 Å². The van der Waals surface area contributed by atoms with Crippen LogP contribution in [0.5, 0.6) is 0 Å². The van der Waals surface area contributed by atoms with Crippen molar-refractivity contribution in [2.24, 2.45) is 0 Å². The highest BCUT2D eigenvalue weighted by molar-refractivity contribution is 6.05. The lowest BCUT2D eigenvalue weighted by molar-refractivity contribution is -0.121. The minimum absolute atomic E-state index is 0.0209. The third kappa shape index (κ3) is 3.41. The molecule has 0 radical (unpaired) electrons. The largest absolute Gasteiger partial charge is 0.353 e. The van der Waals surface area contributed by atoms with Gasteiger partial charge in [0.1, 0.15) is 0 Å². The number of nitrogens with one attached hydrogen (secondary N) is 2. The fourth-order valence-corrected chi connectivity index (χ4v) is 3.62. The molecule has 0 spiro atoms. The van der Waals surface area contributed by atoms with E-state index in [0.717, 1.165) is 29.7 Å². The molecule has 0 aromatic heterocycles. The van der Waals surface area contributed by atoms with E-state index in [9.17, 15) is 9.59 Å². The van der Waals surface area contributed by atoms with Crippen LogP contribution in [0.4, 0.5) is 5.69 Å². The second-order valence-corrected chi connectivity index (χ2v) is 7.39. The summed E-state index contributed by atoms with van der Waals surface area (Å²) in [5.41, 5.74) is 2.30. The molecule has 1 aliphatic heterocycles. The van der Waals surface area contributed by atoms with E-state index in [2.05, 4.69) is 10.6 Å². The maximum atomic E-state index is 12.3. The number of carbonyl (C=O) groups is 2. The summed E-state index contributed by atoms with van der Waals surface area (Å²) in [4.78, 5) is 24.3. The van der Waals surface area contributed by atoms with Gasteiger partial charge < -0.3 is 10.6 Å². The van der Waals surface area contributed by atoms with Crippen molar-refractivity contribution in [1.82, 2.24) is 5.32 Å². The molecule has 1 fully saturated rings. The summed E-state index contributed by atoms with van der Waals surface area (Å²) in [6.07, 6.45) is 7.58. The first-order valence-corrected chi connectivity index (χ1v) is 8.71. The molecule has 1 heterocycles. The minimum Gasteiger partial charge on any atom is -0.353 e. The van der Waals surface area contributed by atoms with Gasteiger partial charge in [0, 0.05) is 11.7 Å². The summed E-state index contributed by atoms with van der Waals surface area (Å²) in [5, 5.41) is 6.08. The van der Waals surface area contributed by atoms with Crippen molar-refractivity contribution in [3.05, 3.63) is 29.3 Å². The third-order valence-electron chi connectivity index (χ3n) is 5.16. The Balaban J connectivity index is 1.66. The molecule has 4 heteroatoms. The van der Waals surface area contributed by atoms with E-state index < -0.39 is 5.41 Å². The van der Waals surface area contributed by atoms with Crippen LogP contribution < -0.4 is 10.6 Å². The Morgan fingerprint density at radius 1 is 1.22 bits per heavy atom. The number of rotatable bonds is 3. The number of hydrogen-bond donors (Lipinski definition) is 2. The Bertz CT molecular complexity index is 614. The summed E-state index contributed by atoms with van der Waals surface area (Å²) >= 11 is 0. The van der Waals surface area contributed by atoms with E-state index in [0.29, 0.717) is 12.5 Å². The molecule has 2 aliphatic rings. The molecule has 3 rings (SSSR count). The highest BCUT2D eigenvalue weighted by atomic mass is 16.2. The average molecular weight is 314 g/mol. The van der Waals surface area contributed by atoms with E-state index >= 15 is 0 Å². The molecule has 124 valence electrons. The van der Waals surface area contributed by atoms with Crippen LogP contribution in [0.1, 0.15) is 63.5 Å². The highest BCUT2D eigenvalue weighted by Gasteiger charge is 2.38. The van der Waals surface area contributed by atoms with Gasteiger partial charge in [-0.3, -0.25) is 9.59 Å². The van der Waals surface area contributed by atoms with Crippen molar-refractivity contribution in [3.63, 3.8) is 0 Å². The van der Waals surface area contributed by atoms with Crippen molar-refractivity contribution in [1.29, 1.82) is 0 Å². The van der Waals surface area contributed by atoms with Crippen molar-refractivity contribution < 1.29 is 9.59 Å². The van der Waals surface area contributed by atoms with E-state index in [1.54, 1.807) is 0 Å². The van der Waals surface area contributed by atoms with Gasteiger partial charge in [0.05, 0.1) is 11.8 Å². The summed E-state index contributed by atoms with van der Waals surface area (Å²) in [6, 6.07) is 6.18. The highest BCUT2D eigenvalue weighted by Crippen LogP contribution is 2.37. The van der Waals surface area contributed by atoms with E-state index in [-0.39, 0.29) is 11.8 Å². The van der Waals surface area contributed by atoms with Crippen LogP contribution in [0.15, 0.2) is 18.2 Å². The average Bonchev–Trinajstić information content (AvgIpc) is 2.69. The van der Waals surface area contributed by atoms with Crippen LogP contribution in [0, 0.1) is 0 Å².